The number of nitro benzene ring substituents is 1. The van der Waals surface area contributed by atoms with E-state index in [2.05, 4.69) is 5.32 Å². The summed E-state index contributed by atoms with van der Waals surface area (Å²) < 4.78 is 16.8. The minimum Gasteiger partial charge on any atom is -0.493 e. The number of nitro groups is 1. The molecule has 0 fully saturated rings. The lowest BCUT2D eigenvalue weighted by molar-refractivity contribution is -0.385. The van der Waals surface area contributed by atoms with Gasteiger partial charge in [-0.15, -0.1) is 0 Å². The summed E-state index contributed by atoms with van der Waals surface area (Å²) in [5, 5.41) is 24.2. The second-order valence-electron chi connectivity index (χ2n) is 9.46. The Morgan fingerprint density at radius 3 is 2.28 bits per heavy atom. The number of hydrogen-bond acceptors (Lipinski definition) is 7. The molecule has 11 nitrogen and oxygen atoms in total. The van der Waals surface area contributed by atoms with Gasteiger partial charge in [-0.3, -0.25) is 10.1 Å². The highest BCUT2D eigenvalue weighted by atomic mass is 35.5. The number of aliphatic carboxylic acids is 1. The molecule has 0 radical (unpaired) electrons. The van der Waals surface area contributed by atoms with Crippen molar-refractivity contribution in [1.29, 1.82) is 0 Å². The van der Waals surface area contributed by atoms with E-state index in [0.717, 1.165) is 5.56 Å². The van der Waals surface area contributed by atoms with Gasteiger partial charge in [0.2, 0.25) is 0 Å². The first-order valence-electron chi connectivity index (χ1n) is 13.5. The molecule has 3 aromatic rings. The molecule has 3 aromatic carbocycles. The highest BCUT2D eigenvalue weighted by molar-refractivity contribution is 6.34. The SMILES string of the molecule is CCOC(Cc1ccc(OCCN(CCCOc2cc(Cl)cc(Cl)c2)C(=O)Nc2ccc(C)c([N+](=O)[O-])c2)cc1)C(=O)O. The van der Waals surface area contributed by atoms with Crippen molar-refractivity contribution in [3.05, 3.63) is 92.0 Å². The molecule has 43 heavy (non-hydrogen) atoms. The van der Waals surface area contributed by atoms with Crippen molar-refractivity contribution in [1.82, 2.24) is 4.90 Å². The van der Waals surface area contributed by atoms with E-state index in [1.54, 1.807) is 68.4 Å². The monoisotopic (exact) mass is 633 g/mol. The Bertz CT molecular complexity index is 1380. The van der Waals surface area contributed by atoms with Crippen LogP contribution in [-0.2, 0) is 16.0 Å². The first-order chi connectivity index (χ1) is 20.5. The van der Waals surface area contributed by atoms with Crippen molar-refractivity contribution >= 4 is 46.6 Å². The van der Waals surface area contributed by atoms with Crippen molar-refractivity contribution in [2.75, 3.05) is 38.2 Å². The number of benzene rings is 3. The first-order valence-corrected chi connectivity index (χ1v) is 14.3. The van der Waals surface area contributed by atoms with Crippen molar-refractivity contribution < 1.29 is 33.8 Å². The summed E-state index contributed by atoms with van der Waals surface area (Å²) in [5.74, 6) is 0.0217. The number of ether oxygens (including phenoxy) is 3. The van der Waals surface area contributed by atoms with Crippen molar-refractivity contribution in [3.63, 3.8) is 0 Å². The van der Waals surface area contributed by atoms with Gasteiger partial charge in [-0.1, -0.05) is 41.4 Å². The molecule has 1 atom stereocenters. The van der Waals surface area contributed by atoms with Gasteiger partial charge >= 0.3 is 12.0 Å². The van der Waals surface area contributed by atoms with E-state index in [1.807, 2.05) is 0 Å². The molecule has 0 aliphatic rings. The van der Waals surface area contributed by atoms with Crippen LogP contribution in [0.1, 0.15) is 24.5 Å². The molecule has 3 rings (SSSR count). The van der Waals surface area contributed by atoms with Crippen LogP contribution in [0.3, 0.4) is 0 Å². The van der Waals surface area contributed by atoms with Gasteiger partial charge in [0.1, 0.15) is 18.1 Å². The summed E-state index contributed by atoms with van der Waals surface area (Å²) in [6.07, 6.45) is -0.248. The van der Waals surface area contributed by atoms with Crippen LogP contribution in [-0.4, -0.2) is 65.9 Å². The number of urea groups is 1. The Kier molecular flexibility index (Phi) is 12.9. The number of rotatable bonds is 16. The number of hydrogen-bond donors (Lipinski definition) is 2. The number of carbonyl (C=O) groups excluding carboxylic acids is 1. The number of amides is 2. The molecule has 2 amide bonds. The third-order valence-electron chi connectivity index (χ3n) is 6.24. The van der Waals surface area contributed by atoms with Crippen LogP contribution in [0.2, 0.25) is 10.0 Å². The van der Waals surface area contributed by atoms with E-state index >= 15 is 0 Å². The number of nitrogens with one attached hydrogen (secondary N) is 1. The second-order valence-corrected chi connectivity index (χ2v) is 10.3. The Morgan fingerprint density at radius 1 is 0.977 bits per heavy atom. The summed E-state index contributed by atoms with van der Waals surface area (Å²) in [6, 6.07) is 15.9. The summed E-state index contributed by atoms with van der Waals surface area (Å²) in [4.78, 5) is 36.9. The van der Waals surface area contributed by atoms with Gasteiger partial charge in [0.05, 0.1) is 18.1 Å². The average molecular weight is 635 g/mol. The smallest absolute Gasteiger partial charge is 0.333 e. The van der Waals surface area contributed by atoms with E-state index in [4.69, 9.17) is 37.4 Å². The van der Waals surface area contributed by atoms with Crippen molar-refractivity contribution in [2.45, 2.75) is 32.8 Å². The maximum absolute atomic E-state index is 13.2. The molecule has 2 N–H and O–H groups in total. The molecule has 0 saturated carbocycles. The van der Waals surface area contributed by atoms with Gasteiger partial charge < -0.3 is 29.5 Å². The summed E-state index contributed by atoms with van der Waals surface area (Å²) >= 11 is 12.1. The Labute approximate surface area is 259 Å². The lowest BCUT2D eigenvalue weighted by Crippen LogP contribution is -2.39. The minimum atomic E-state index is -1.03. The third kappa shape index (κ3) is 10.9. The highest BCUT2D eigenvalue weighted by Crippen LogP contribution is 2.25. The van der Waals surface area contributed by atoms with Gasteiger partial charge in [0.15, 0.2) is 6.10 Å². The van der Waals surface area contributed by atoms with Gasteiger partial charge in [0, 0.05) is 46.9 Å². The van der Waals surface area contributed by atoms with E-state index in [0.29, 0.717) is 52.4 Å². The van der Waals surface area contributed by atoms with Crippen LogP contribution in [0.4, 0.5) is 16.2 Å². The molecule has 0 saturated heterocycles. The van der Waals surface area contributed by atoms with Crippen molar-refractivity contribution in [2.24, 2.45) is 0 Å². The lowest BCUT2D eigenvalue weighted by atomic mass is 10.1. The first kappa shape index (κ1) is 33.4. The number of carboxylic acids is 1. The summed E-state index contributed by atoms with van der Waals surface area (Å²) in [5.41, 5.74) is 1.46. The fraction of sp³-hybridized carbons (Fsp3) is 0.333. The molecule has 0 spiro atoms. The lowest BCUT2D eigenvalue weighted by Gasteiger charge is -2.23. The zero-order valence-electron chi connectivity index (χ0n) is 23.8. The molecule has 0 aliphatic carbocycles. The number of aryl methyl sites for hydroxylation is 1. The van der Waals surface area contributed by atoms with E-state index < -0.39 is 23.0 Å². The number of carbonyl (C=O) groups is 2. The molecule has 0 bridgehead atoms. The standard InChI is InChI=1S/C30H33Cl2N3O8/c1-3-41-28(29(36)37)15-21-6-9-25(10-7-21)43-14-12-34(11-4-13-42-26-17-22(31)16-23(32)18-26)30(38)33-24-8-5-20(2)27(19-24)35(39)40/h5-10,16-19,28H,3-4,11-15H2,1-2H3,(H,33,38)(H,36,37). The molecular formula is C30H33Cl2N3O8. The number of carboxylic acid groups (broad SMARTS) is 1. The normalized spacial score (nSPS) is 11.4. The average Bonchev–Trinajstić information content (AvgIpc) is 2.95. The molecule has 0 aromatic heterocycles. The molecule has 1 unspecified atom stereocenters. The highest BCUT2D eigenvalue weighted by Gasteiger charge is 2.19. The van der Waals surface area contributed by atoms with E-state index in [1.165, 1.54) is 11.0 Å². The van der Waals surface area contributed by atoms with Crippen LogP contribution in [0.25, 0.3) is 0 Å². The Hall–Kier alpha value is -4.06. The Morgan fingerprint density at radius 2 is 1.65 bits per heavy atom. The van der Waals surface area contributed by atoms with E-state index in [9.17, 15) is 24.8 Å². The van der Waals surface area contributed by atoms with Crippen LogP contribution in [0.5, 0.6) is 11.5 Å². The fourth-order valence-corrected chi connectivity index (χ4v) is 4.59. The Balaban J connectivity index is 1.61. The third-order valence-corrected chi connectivity index (χ3v) is 6.68. The number of anilines is 1. The molecule has 0 aliphatic heterocycles. The van der Waals surface area contributed by atoms with E-state index in [-0.39, 0.29) is 31.9 Å². The molecular weight excluding hydrogens is 601 g/mol. The van der Waals surface area contributed by atoms with Crippen LogP contribution >= 0.6 is 23.2 Å². The molecule has 230 valence electrons. The second kappa shape index (κ2) is 16.5. The largest absolute Gasteiger partial charge is 0.493 e. The van der Waals surface area contributed by atoms with Crippen LogP contribution in [0, 0.1) is 17.0 Å². The summed E-state index contributed by atoms with van der Waals surface area (Å²) in [6.45, 7) is 4.59. The zero-order valence-corrected chi connectivity index (χ0v) is 25.3. The maximum atomic E-state index is 13.2. The predicted octanol–water partition coefficient (Wildman–Crippen LogP) is 6.62. The molecule has 13 heteroatoms. The fourth-order valence-electron chi connectivity index (χ4n) is 4.09. The van der Waals surface area contributed by atoms with Crippen LogP contribution in [0.15, 0.2) is 60.7 Å². The van der Waals surface area contributed by atoms with Gasteiger partial charge in [0.25, 0.3) is 5.69 Å². The van der Waals surface area contributed by atoms with Crippen molar-refractivity contribution in [3.8, 4) is 11.5 Å². The summed E-state index contributed by atoms with van der Waals surface area (Å²) in [7, 11) is 0. The van der Waals surface area contributed by atoms with Gasteiger partial charge in [-0.2, -0.15) is 0 Å². The topological polar surface area (TPSA) is 140 Å². The quantitative estimate of drug-likeness (QED) is 0.102. The van der Waals surface area contributed by atoms with Gasteiger partial charge in [-0.25, -0.2) is 9.59 Å². The zero-order chi connectivity index (χ0) is 31.4. The maximum Gasteiger partial charge on any atom is 0.333 e. The number of nitrogens with zero attached hydrogens (tertiary/aromatic N) is 2. The van der Waals surface area contributed by atoms with Crippen LogP contribution < -0.4 is 14.8 Å². The number of halogens is 2. The predicted molar refractivity (Wildman–Crippen MR) is 164 cm³/mol. The minimum absolute atomic E-state index is 0.0966. The van der Waals surface area contributed by atoms with Gasteiger partial charge in [-0.05, 0) is 62.2 Å². The molecule has 0 heterocycles.